The van der Waals surface area contributed by atoms with Gasteiger partial charge >= 0.3 is 0 Å². The standard InChI is InChI=1S/C25H21ClN2O3/c1-15(2)16-5-7-17(8-6-16)22-21(23(29)18-9-11-19(26)12-10-18)24(30)25(31)28(22)20-4-3-13-27-14-20/h3-15,22,29H,1-2H3/t22-/m0/s1. The third-order valence-corrected chi connectivity index (χ3v) is 5.66. The maximum absolute atomic E-state index is 13.1. The lowest BCUT2D eigenvalue weighted by Crippen LogP contribution is -2.29. The highest BCUT2D eigenvalue weighted by molar-refractivity contribution is 6.51. The summed E-state index contributed by atoms with van der Waals surface area (Å²) in [7, 11) is 0. The lowest BCUT2D eigenvalue weighted by Gasteiger charge is -2.25. The highest BCUT2D eigenvalue weighted by atomic mass is 35.5. The van der Waals surface area contributed by atoms with Crippen LogP contribution in [0.25, 0.3) is 5.76 Å². The largest absolute Gasteiger partial charge is 0.507 e. The summed E-state index contributed by atoms with van der Waals surface area (Å²) in [6.45, 7) is 4.19. The van der Waals surface area contributed by atoms with Crippen LogP contribution in [0.3, 0.4) is 0 Å². The Labute approximate surface area is 185 Å². The van der Waals surface area contributed by atoms with Gasteiger partial charge in [-0.3, -0.25) is 19.5 Å². The molecule has 1 fully saturated rings. The lowest BCUT2D eigenvalue weighted by molar-refractivity contribution is -0.132. The van der Waals surface area contributed by atoms with E-state index in [0.29, 0.717) is 22.2 Å². The third-order valence-electron chi connectivity index (χ3n) is 5.41. The zero-order valence-electron chi connectivity index (χ0n) is 17.1. The van der Waals surface area contributed by atoms with Crippen LogP contribution in [0.5, 0.6) is 0 Å². The Kier molecular flexibility index (Phi) is 5.61. The van der Waals surface area contributed by atoms with Gasteiger partial charge in [0.25, 0.3) is 11.7 Å². The lowest BCUT2D eigenvalue weighted by atomic mass is 9.93. The molecular weight excluding hydrogens is 412 g/mol. The van der Waals surface area contributed by atoms with Crippen molar-refractivity contribution in [3.63, 3.8) is 0 Å². The van der Waals surface area contributed by atoms with Crippen molar-refractivity contribution in [2.24, 2.45) is 0 Å². The topological polar surface area (TPSA) is 70.5 Å². The van der Waals surface area contributed by atoms with Gasteiger partial charge in [-0.25, -0.2) is 0 Å². The summed E-state index contributed by atoms with van der Waals surface area (Å²) in [5, 5.41) is 11.6. The van der Waals surface area contributed by atoms with Crippen molar-refractivity contribution in [1.82, 2.24) is 4.98 Å². The molecule has 3 aromatic rings. The molecule has 1 aliphatic rings. The van der Waals surface area contributed by atoms with Crippen molar-refractivity contribution in [2.45, 2.75) is 25.8 Å². The molecule has 0 saturated carbocycles. The SMILES string of the molecule is CC(C)c1ccc([C@H]2C(=C(O)c3ccc(Cl)cc3)C(=O)C(=O)N2c2cccnc2)cc1. The average Bonchev–Trinajstić information content (AvgIpc) is 3.05. The number of Topliss-reactive ketones (excluding diaryl/α,β-unsaturated/α-hetero) is 1. The van der Waals surface area contributed by atoms with E-state index in [1.807, 2.05) is 24.3 Å². The number of aliphatic hydroxyl groups is 1. The molecule has 156 valence electrons. The molecule has 0 aliphatic carbocycles. The van der Waals surface area contributed by atoms with Crippen LogP contribution in [0, 0.1) is 0 Å². The number of carbonyl (C=O) groups is 2. The Hall–Kier alpha value is -3.44. The first kappa shape index (κ1) is 20.8. The first-order chi connectivity index (χ1) is 14.9. The van der Waals surface area contributed by atoms with Gasteiger partial charge in [-0.15, -0.1) is 0 Å². The molecule has 1 atom stereocenters. The molecule has 6 heteroatoms. The number of aromatic nitrogens is 1. The Morgan fingerprint density at radius 1 is 1.03 bits per heavy atom. The molecular formula is C25H21ClN2O3. The zero-order chi connectivity index (χ0) is 22.1. The molecule has 2 aromatic carbocycles. The van der Waals surface area contributed by atoms with Gasteiger partial charge in [-0.2, -0.15) is 0 Å². The minimum absolute atomic E-state index is 0.0356. The zero-order valence-corrected chi connectivity index (χ0v) is 17.9. The third kappa shape index (κ3) is 3.84. The summed E-state index contributed by atoms with van der Waals surface area (Å²) in [5.41, 5.74) is 2.80. The van der Waals surface area contributed by atoms with Gasteiger partial charge in [0.15, 0.2) is 0 Å². The predicted molar refractivity (Wildman–Crippen MR) is 121 cm³/mol. The van der Waals surface area contributed by atoms with Crippen LogP contribution >= 0.6 is 11.6 Å². The summed E-state index contributed by atoms with van der Waals surface area (Å²) in [5.74, 6) is -1.34. The maximum Gasteiger partial charge on any atom is 0.300 e. The second-order valence-electron chi connectivity index (χ2n) is 7.71. The maximum atomic E-state index is 13.1. The molecule has 0 bridgehead atoms. The quantitative estimate of drug-likeness (QED) is 0.336. The van der Waals surface area contributed by atoms with Crippen LogP contribution in [0.4, 0.5) is 5.69 Å². The van der Waals surface area contributed by atoms with Crippen molar-refractivity contribution in [2.75, 3.05) is 4.90 Å². The van der Waals surface area contributed by atoms with Crippen molar-refractivity contribution >= 4 is 34.7 Å². The fourth-order valence-electron chi connectivity index (χ4n) is 3.74. The van der Waals surface area contributed by atoms with E-state index in [4.69, 9.17) is 11.6 Å². The summed E-state index contributed by atoms with van der Waals surface area (Å²) < 4.78 is 0. The van der Waals surface area contributed by atoms with Gasteiger partial charge in [0.2, 0.25) is 0 Å². The highest BCUT2D eigenvalue weighted by Crippen LogP contribution is 2.42. The molecule has 0 radical (unpaired) electrons. The molecule has 1 N–H and O–H groups in total. The van der Waals surface area contributed by atoms with Crippen molar-refractivity contribution in [3.05, 3.63) is 100 Å². The van der Waals surface area contributed by atoms with Crippen LogP contribution in [-0.2, 0) is 9.59 Å². The Balaban J connectivity index is 1.91. The van der Waals surface area contributed by atoms with Crippen molar-refractivity contribution < 1.29 is 14.7 Å². The molecule has 0 spiro atoms. The summed E-state index contributed by atoms with van der Waals surface area (Å²) in [6.07, 6.45) is 3.13. The molecule has 1 aromatic heterocycles. The second kappa shape index (κ2) is 8.36. The van der Waals surface area contributed by atoms with Crippen LogP contribution in [0.15, 0.2) is 78.6 Å². The highest BCUT2D eigenvalue weighted by Gasteiger charge is 2.47. The van der Waals surface area contributed by atoms with Gasteiger partial charge in [0.1, 0.15) is 5.76 Å². The smallest absolute Gasteiger partial charge is 0.300 e. The van der Waals surface area contributed by atoms with Gasteiger partial charge in [-0.1, -0.05) is 49.7 Å². The van der Waals surface area contributed by atoms with Crippen molar-refractivity contribution in [1.29, 1.82) is 0 Å². The van der Waals surface area contributed by atoms with E-state index >= 15 is 0 Å². The number of benzene rings is 2. The molecule has 1 saturated heterocycles. The van der Waals surface area contributed by atoms with Crippen molar-refractivity contribution in [3.8, 4) is 0 Å². The van der Waals surface area contributed by atoms with Gasteiger partial charge in [-0.05, 0) is 53.4 Å². The Morgan fingerprint density at radius 2 is 1.71 bits per heavy atom. The van der Waals surface area contributed by atoms with Crippen LogP contribution in [0.2, 0.25) is 5.02 Å². The minimum atomic E-state index is -0.777. The number of nitrogens with zero attached hydrogens (tertiary/aromatic N) is 2. The monoisotopic (exact) mass is 432 g/mol. The first-order valence-electron chi connectivity index (χ1n) is 9.95. The number of amides is 1. The minimum Gasteiger partial charge on any atom is -0.507 e. The van der Waals surface area contributed by atoms with E-state index in [2.05, 4.69) is 18.8 Å². The van der Waals surface area contributed by atoms with E-state index in [1.165, 1.54) is 11.1 Å². The van der Waals surface area contributed by atoms with Crippen LogP contribution in [-0.4, -0.2) is 21.8 Å². The van der Waals surface area contributed by atoms with Crippen LogP contribution in [0.1, 0.15) is 42.5 Å². The number of rotatable bonds is 4. The summed E-state index contributed by atoms with van der Waals surface area (Å²) in [4.78, 5) is 31.6. The van der Waals surface area contributed by atoms with E-state index in [0.717, 1.165) is 11.1 Å². The molecule has 1 aliphatic heterocycles. The molecule has 31 heavy (non-hydrogen) atoms. The molecule has 2 heterocycles. The number of halogens is 1. The number of hydrogen-bond acceptors (Lipinski definition) is 4. The summed E-state index contributed by atoms with van der Waals surface area (Å²) >= 11 is 5.96. The van der Waals surface area contributed by atoms with Gasteiger partial charge < -0.3 is 5.11 Å². The number of ketones is 1. The van der Waals surface area contributed by atoms with E-state index < -0.39 is 17.7 Å². The normalized spacial score (nSPS) is 18.1. The number of aliphatic hydroxyl groups excluding tert-OH is 1. The van der Waals surface area contributed by atoms with E-state index in [9.17, 15) is 14.7 Å². The fraction of sp³-hybridized carbons (Fsp3) is 0.160. The molecule has 5 nitrogen and oxygen atoms in total. The number of hydrogen-bond donors (Lipinski definition) is 1. The van der Waals surface area contributed by atoms with E-state index in [1.54, 1.807) is 42.6 Å². The predicted octanol–water partition coefficient (Wildman–Crippen LogP) is 5.48. The first-order valence-corrected chi connectivity index (χ1v) is 10.3. The summed E-state index contributed by atoms with van der Waals surface area (Å²) in [6, 6.07) is 16.9. The average molecular weight is 433 g/mol. The second-order valence-corrected chi connectivity index (χ2v) is 8.15. The fourth-order valence-corrected chi connectivity index (χ4v) is 3.86. The molecule has 0 unspecified atom stereocenters. The number of carbonyl (C=O) groups excluding carboxylic acids is 2. The Morgan fingerprint density at radius 3 is 2.29 bits per heavy atom. The Bertz CT molecular complexity index is 1150. The number of anilines is 1. The van der Waals surface area contributed by atoms with Gasteiger partial charge in [0.05, 0.1) is 23.5 Å². The van der Waals surface area contributed by atoms with Gasteiger partial charge in [0, 0.05) is 16.8 Å². The molecule has 4 rings (SSSR count). The van der Waals surface area contributed by atoms with E-state index in [-0.39, 0.29) is 11.3 Å². The van der Waals surface area contributed by atoms with Crippen LogP contribution < -0.4 is 4.90 Å². The number of pyridine rings is 1. The molecule has 1 amide bonds.